The molecule has 1 aliphatic rings. The highest BCUT2D eigenvalue weighted by atomic mass is 79.9. The number of carbonyl (C=O) groups excluding carboxylic acids is 3. The molecule has 7 nitrogen and oxygen atoms in total. The van der Waals surface area contributed by atoms with E-state index in [4.69, 9.17) is 14.2 Å². The van der Waals surface area contributed by atoms with Crippen LogP contribution in [0.1, 0.15) is 20.7 Å². The molecule has 0 fully saturated rings. The van der Waals surface area contributed by atoms with Crippen LogP contribution >= 0.6 is 15.9 Å². The Morgan fingerprint density at radius 1 is 1.00 bits per heavy atom. The zero-order valence-electron chi connectivity index (χ0n) is 14.9. The fourth-order valence-corrected chi connectivity index (χ4v) is 3.21. The summed E-state index contributed by atoms with van der Waals surface area (Å²) >= 11 is 3.31. The Morgan fingerprint density at radius 2 is 1.63 bits per heavy atom. The first-order valence-corrected chi connectivity index (χ1v) is 8.70. The normalized spacial score (nSPS) is 12.8. The van der Waals surface area contributed by atoms with E-state index in [2.05, 4.69) is 15.9 Å². The number of ether oxygens (including phenoxy) is 3. The Morgan fingerprint density at radius 3 is 2.19 bits per heavy atom. The van der Waals surface area contributed by atoms with Gasteiger partial charge in [-0.25, -0.2) is 0 Å². The Bertz CT molecular complexity index is 938. The van der Waals surface area contributed by atoms with Crippen molar-refractivity contribution in [3.8, 4) is 17.2 Å². The highest BCUT2D eigenvalue weighted by Crippen LogP contribution is 2.48. The molecule has 0 bridgehead atoms. The van der Waals surface area contributed by atoms with Crippen LogP contribution in [-0.4, -0.2) is 45.3 Å². The lowest BCUT2D eigenvalue weighted by molar-refractivity contribution is -0.114. The van der Waals surface area contributed by atoms with Crippen molar-refractivity contribution in [2.75, 3.05) is 32.8 Å². The van der Waals surface area contributed by atoms with Gasteiger partial charge in [0.05, 0.1) is 39.1 Å². The van der Waals surface area contributed by atoms with Crippen molar-refractivity contribution in [1.29, 1.82) is 0 Å². The number of nitrogens with zero attached hydrogens (tertiary/aromatic N) is 1. The van der Waals surface area contributed by atoms with Crippen molar-refractivity contribution >= 4 is 39.1 Å². The number of rotatable bonds is 6. The Kier molecular flexibility index (Phi) is 5.18. The molecule has 1 amide bonds. The van der Waals surface area contributed by atoms with Gasteiger partial charge in [0.2, 0.25) is 5.75 Å². The highest BCUT2D eigenvalue weighted by molar-refractivity contribution is 9.10. The summed E-state index contributed by atoms with van der Waals surface area (Å²) in [5, 5.41) is 0. The Balaban J connectivity index is 2.05. The molecule has 0 radical (unpaired) electrons. The maximum Gasteiger partial charge on any atom is 0.300 e. The third kappa shape index (κ3) is 3.16. The van der Waals surface area contributed by atoms with Crippen LogP contribution in [-0.2, 0) is 4.79 Å². The van der Waals surface area contributed by atoms with Crippen molar-refractivity contribution in [1.82, 2.24) is 0 Å². The number of amides is 1. The first kappa shape index (κ1) is 18.9. The van der Waals surface area contributed by atoms with Crippen molar-refractivity contribution in [2.45, 2.75) is 0 Å². The third-order valence-electron chi connectivity index (χ3n) is 4.23. The second-order valence-corrected chi connectivity index (χ2v) is 6.61. The van der Waals surface area contributed by atoms with Crippen molar-refractivity contribution in [3.63, 3.8) is 0 Å². The van der Waals surface area contributed by atoms with Crippen LogP contribution in [0, 0.1) is 0 Å². The monoisotopic (exact) mass is 433 g/mol. The van der Waals surface area contributed by atoms with Crippen LogP contribution < -0.4 is 19.1 Å². The molecule has 0 aromatic heterocycles. The average Bonchev–Trinajstić information content (AvgIpc) is 2.91. The van der Waals surface area contributed by atoms with Gasteiger partial charge < -0.3 is 14.2 Å². The first-order valence-electron chi connectivity index (χ1n) is 7.90. The Labute approximate surface area is 163 Å². The number of anilines is 1. The fraction of sp³-hybridized carbons (Fsp3) is 0.211. The minimum absolute atomic E-state index is 0.0590. The number of hydrogen-bond acceptors (Lipinski definition) is 6. The van der Waals surface area contributed by atoms with Crippen molar-refractivity contribution in [2.24, 2.45) is 0 Å². The van der Waals surface area contributed by atoms with Crippen LogP contribution in [0.2, 0.25) is 0 Å². The molecule has 0 atom stereocenters. The number of Topliss-reactive ketones (excluding diaryl/α,β-unsaturated/α-hetero) is 2. The molecular formula is C19H16BrNO6. The fourth-order valence-electron chi connectivity index (χ4n) is 2.94. The molecular weight excluding hydrogens is 418 g/mol. The number of ketones is 2. The van der Waals surface area contributed by atoms with E-state index in [1.165, 1.54) is 27.4 Å². The van der Waals surface area contributed by atoms with E-state index in [0.717, 1.165) is 9.37 Å². The van der Waals surface area contributed by atoms with Gasteiger partial charge in [-0.3, -0.25) is 19.3 Å². The lowest BCUT2D eigenvalue weighted by atomic mass is 10.1. The number of methoxy groups -OCH3 is 3. The van der Waals surface area contributed by atoms with E-state index in [0.29, 0.717) is 5.56 Å². The van der Waals surface area contributed by atoms with Gasteiger partial charge in [-0.15, -0.1) is 0 Å². The summed E-state index contributed by atoms with van der Waals surface area (Å²) in [7, 11) is 4.20. The van der Waals surface area contributed by atoms with E-state index >= 15 is 0 Å². The summed E-state index contributed by atoms with van der Waals surface area (Å²) in [4.78, 5) is 38.8. The number of benzene rings is 2. The second-order valence-electron chi connectivity index (χ2n) is 5.69. The summed E-state index contributed by atoms with van der Waals surface area (Å²) in [5.41, 5.74) is 0.744. The first-order chi connectivity index (χ1) is 12.9. The van der Waals surface area contributed by atoms with E-state index in [9.17, 15) is 14.4 Å². The standard InChI is InChI=1S/C19H16BrNO6/c1-25-14-8-12-15(18(27-3)17(14)26-2)16(23)19(24)21(12)9-13(22)10-4-6-11(20)7-5-10/h4-8H,9H2,1-3H3. The van der Waals surface area contributed by atoms with Crippen molar-refractivity contribution < 1.29 is 28.6 Å². The average molecular weight is 434 g/mol. The minimum Gasteiger partial charge on any atom is -0.493 e. The van der Waals surface area contributed by atoms with Crippen LogP contribution in [0.15, 0.2) is 34.8 Å². The molecule has 2 aromatic carbocycles. The number of fused-ring (bicyclic) bond motifs is 1. The topological polar surface area (TPSA) is 82.1 Å². The molecule has 0 N–H and O–H groups in total. The summed E-state index contributed by atoms with van der Waals surface area (Å²) in [6.45, 7) is -0.280. The summed E-state index contributed by atoms with van der Waals surface area (Å²) < 4.78 is 16.7. The van der Waals surface area contributed by atoms with Crippen LogP contribution in [0.4, 0.5) is 5.69 Å². The molecule has 140 valence electrons. The third-order valence-corrected chi connectivity index (χ3v) is 4.76. The molecule has 0 spiro atoms. The summed E-state index contributed by atoms with van der Waals surface area (Å²) in [5.74, 6) is -1.26. The van der Waals surface area contributed by atoms with Gasteiger partial charge >= 0.3 is 0 Å². The smallest absolute Gasteiger partial charge is 0.300 e. The van der Waals surface area contributed by atoms with Gasteiger partial charge in [0.15, 0.2) is 17.3 Å². The van der Waals surface area contributed by atoms with E-state index in [1.54, 1.807) is 24.3 Å². The van der Waals surface area contributed by atoms with Crippen LogP contribution in [0.5, 0.6) is 17.2 Å². The van der Waals surface area contributed by atoms with Crippen molar-refractivity contribution in [3.05, 3.63) is 45.9 Å². The zero-order valence-corrected chi connectivity index (χ0v) is 16.5. The predicted molar refractivity (Wildman–Crippen MR) is 101 cm³/mol. The van der Waals surface area contributed by atoms with Gasteiger partial charge in [-0.05, 0) is 12.1 Å². The molecule has 0 saturated carbocycles. The Hall–Kier alpha value is -2.87. The molecule has 1 aliphatic heterocycles. The molecule has 1 heterocycles. The molecule has 0 unspecified atom stereocenters. The minimum atomic E-state index is -0.802. The summed E-state index contributed by atoms with van der Waals surface area (Å²) in [6.07, 6.45) is 0. The van der Waals surface area contributed by atoms with Crippen LogP contribution in [0.3, 0.4) is 0 Å². The van der Waals surface area contributed by atoms with E-state index in [-0.39, 0.29) is 40.8 Å². The quantitative estimate of drug-likeness (QED) is 0.514. The largest absolute Gasteiger partial charge is 0.493 e. The summed E-state index contributed by atoms with van der Waals surface area (Å²) in [6, 6.07) is 8.24. The molecule has 0 saturated heterocycles. The maximum atomic E-state index is 12.6. The number of carbonyl (C=O) groups is 3. The lowest BCUT2D eigenvalue weighted by Crippen LogP contribution is -2.34. The van der Waals surface area contributed by atoms with Gasteiger partial charge in [-0.1, -0.05) is 28.1 Å². The van der Waals surface area contributed by atoms with Gasteiger partial charge in [0.25, 0.3) is 11.7 Å². The number of halogens is 1. The number of hydrogen-bond donors (Lipinski definition) is 0. The highest BCUT2D eigenvalue weighted by Gasteiger charge is 2.42. The van der Waals surface area contributed by atoms with E-state index < -0.39 is 11.7 Å². The van der Waals surface area contributed by atoms with Crippen LogP contribution in [0.25, 0.3) is 0 Å². The lowest BCUT2D eigenvalue weighted by Gasteiger charge is -2.19. The molecule has 8 heteroatoms. The van der Waals surface area contributed by atoms with Gasteiger partial charge in [-0.2, -0.15) is 0 Å². The van der Waals surface area contributed by atoms with E-state index in [1.807, 2.05) is 0 Å². The van der Waals surface area contributed by atoms with Gasteiger partial charge in [0, 0.05) is 16.1 Å². The molecule has 0 aliphatic carbocycles. The zero-order chi connectivity index (χ0) is 19.7. The predicted octanol–water partition coefficient (Wildman–Crippen LogP) is 2.89. The molecule has 27 heavy (non-hydrogen) atoms. The maximum absolute atomic E-state index is 12.6. The second kappa shape index (κ2) is 7.40. The molecule has 3 rings (SSSR count). The SMILES string of the molecule is COc1cc2c(c(OC)c1OC)C(=O)C(=O)N2CC(=O)c1ccc(Br)cc1. The molecule has 2 aromatic rings. The van der Waals surface area contributed by atoms with Gasteiger partial charge in [0.1, 0.15) is 0 Å².